The fourth-order valence-electron chi connectivity index (χ4n) is 2.07. The van der Waals surface area contributed by atoms with Crippen molar-refractivity contribution in [2.75, 3.05) is 10.0 Å². The summed E-state index contributed by atoms with van der Waals surface area (Å²) >= 11 is 3.12. The number of hydrogen-bond acceptors (Lipinski definition) is 4. The number of furan rings is 1. The van der Waals surface area contributed by atoms with Gasteiger partial charge in [0.2, 0.25) is 0 Å². The largest absolute Gasteiger partial charge is 0.444 e. The number of halogens is 1. The van der Waals surface area contributed by atoms with Gasteiger partial charge in [0.25, 0.3) is 15.9 Å². The zero-order valence-corrected chi connectivity index (χ0v) is 15.2. The van der Waals surface area contributed by atoms with Crippen molar-refractivity contribution in [1.82, 2.24) is 0 Å². The minimum absolute atomic E-state index is 0.0927. The summed E-state index contributed by atoms with van der Waals surface area (Å²) in [6, 6.07) is 17.6. The van der Waals surface area contributed by atoms with Crippen LogP contribution < -0.4 is 10.0 Å². The highest BCUT2D eigenvalue weighted by atomic mass is 79.9. The topological polar surface area (TPSA) is 88.4 Å². The number of anilines is 2. The van der Waals surface area contributed by atoms with Gasteiger partial charge in [0.05, 0.1) is 4.90 Å². The van der Waals surface area contributed by atoms with Crippen LogP contribution in [-0.2, 0) is 10.0 Å². The molecule has 0 aliphatic rings. The highest BCUT2D eigenvalue weighted by Gasteiger charge is 2.15. The molecule has 25 heavy (non-hydrogen) atoms. The molecule has 0 unspecified atom stereocenters. The van der Waals surface area contributed by atoms with Crippen molar-refractivity contribution in [2.24, 2.45) is 0 Å². The Balaban J connectivity index is 1.72. The number of carbonyl (C=O) groups is 1. The van der Waals surface area contributed by atoms with Gasteiger partial charge in [-0.2, -0.15) is 0 Å². The molecule has 1 aromatic heterocycles. The lowest BCUT2D eigenvalue weighted by molar-refractivity contribution is 0.0995. The maximum Gasteiger partial charge on any atom is 0.291 e. The first-order chi connectivity index (χ1) is 11.9. The van der Waals surface area contributed by atoms with E-state index in [2.05, 4.69) is 26.0 Å². The van der Waals surface area contributed by atoms with Gasteiger partial charge in [-0.25, -0.2) is 8.42 Å². The first-order valence-electron chi connectivity index (χ1n) is 7.19. The number of sulfonamides is 1. The van der Waals surface area contributed by atoms with Gasteiger partial charge >= 0.3 is 0 Å². The van der Waals surface area contributed by atoms with Crippen molar-refractivity contribution in [3.05, 3.63) is 77.2 Å². The van der Waals surface area contributed by atoms with Crippen LogP contribution in [0.1, 0.15) is 10.6 Å². The van der Waals surface area contributed by atoms with E-state index in [1.165, 1.54) is 30.3 Å². The van der Waals surface area contributed by atoms with E-state index in [9.17, 15) is 13.2 Å². The van der Waals surface area contributed by atoms with Gasteiger partial charge in [-0.05, 0) is 64.5 Å². The monoisotopic (exact) mass is 420 g/mol. The summed E-state index contributed by atoms with van der Waals surface area (Å²) in [6.45, 7) is 0. The molecule has 0 saturated heterocycles. The van der Waals surface area contributed by atoms with Crippen LogP contribution in [0.2, 0.25) is 0 Å². The molecule has 0 aliphatic heterocycles. The molecule has 6 nitrogen and oxygen atoms in total. The lowest BCUT2D eigenvalue weighted by atomic mass is 10.3. The Morgan fingerprint density at radius 2 is 1.56 bits per heavy atom. The molecule has 1 amide bonds. The average Bonchev–Trinajstić information content (AvgIpc) is 3.02. The van der Waals surface area contributed by atoms with Gasteiger partial charge in [0, 0.05) is 11.4 Å². The average molecular weight is 421 g/mol. The first kappa shape index (κ1) is 17.2. The van der Waals surface area contributed by atoms with Crippen molar-refractivity contribution in [3.63, 3.8) is 0 Å². The maximum atomic E-state index is 12.3. The molecule has 8 heteroatoms. The predicted molar refractivity (Wildman–Crippen MR) is 98.1 cm³/mol. The van der Waals surface area contributed by atoms with Crippen LogP contribution in [-0.4, -0.2) is 14.3 Å². The number of rotatable bonds is 5. The molecule has 0 atom stereocenters. The molecule has 2 N–H and O–H groups in total. The molecular weight excluding hydrogens is 408 g/mol. The fourth-order valence-corrected chi connectivity index (χ4v) is 3.43. The third kappa shape index (κ3) is 4.28. The smallest absolute Gasteiger partial charge is 0.291 e. The van der Waals surface area contributed by atoms with Crippen molar-refractivity contribution in [1.29, 1.82) is 0 Å². The predicted octanol–water partition coefficient (Wildman–Crippen LogP) is 4.10. The lowest BCUT2D eigenvalue weighted by Crippen LogP contribution is -2.14. The van der Waals surface area contributed by atoms with Crippen LogP contribution >= 0.6 is 15.9 Å². The Morgan fingerprint density at radius 3 is 2.16 bits per heavy atom. The van der Waals surface area contributed by atoms with Crippen molar-refractivity contribution >= 4 is 43.2 Å². The summed E-state index contributed by atoms with van der Waals surface area (Å²) < 4.78 is 32.8. The number of carbonyl (C=O) groups excluding carboxylic acids is 1. The normalized spacial score (nSPS) is 11.1. The van der Waals surface area contributed by atoms with Crippen LogP contribution in [0, 0.1) is 0 Å². The summed E-state index contributed by atoms with van der Waals surface area (Å²) in [7, 11) is -3.69. The van der Waals surface area contributed by atoms with E-state index in [4.69, 9.17) is 4.42 Å². The number of para-hydroxylation sites is 1. The summed E-state index contributed by atoms with van der Waals surface area (Å²) in [4.78, 5) is 12.1. The van der Waals surface area contributed by atoms with Crippen LogP contribution in [0.3, 0.4) is 0 Å². The SMILES string of the molecule is O=C(Nc1ccc(S(=O)(=O)Nc2ccccc2)cc1)c1ccc(Br)o1. The molecule has 0 saturated carbocycles. The molecule has 0 bridgehead atoms. The van der Waals surface area contributed by atoms with Crippen LogP contribution in [0.25, 0.3) is 0 Å². The number of hydrogen-bond donors (Lipinski definition) is 2. The van der Waals surface area contributed by atoms with Gasteiger partial charge in [-0.3, -0.25) is 9.52 Å². The molecule has 3 rings (SSSR count). The van der Waals surface area contributed by atoms with Crippen LogP contribution in [0.4, 0.5) is 11.4 Å². The number of amides is 1. The molecule has 0 aliphatic carbocycles. The van der Waals surface area contributed by atoms with E-state index in [0.29, 0.717) is 16.0 Å². The zero-order chi connectivity index (χ0) is 17.9. The Bertz CT molecular complexity index is 983. The van der Waals surface area contributed by atoms with Gasteiger partial charge in [-0.15, -0.1) is 0 Å². The Labute approximate surface area is 153 Å². The summed E-state index contributed by atoms with van der Waals surface area (Å²) in [5, 5.41) is 2.63. The molecule has 3 aromatic rings. The minimum atomic E-state index is -3.69. The minimum Gasteiger partial charge on any atom is -0.444 e. The Hall–Kier alpha value is -2.58. The molecule has 1 heterocycles. The fraction of sp³-hybridized carbons (Fsp3) is 0. The molecule has 0 radical (unpaired) electrons. The van der Waals surface area contributed by atoms with Gasteiger partial charge < -0.3 is 9.73 Å². The van der Waals surface area contributed by atoms with Crippen molar-refractivity contribution in [3.8, 4) is 0 Å². The molecule has 0 fully saturated rings. The lowest BCUT2D eigenvalue weighted by Gasteiger charge is -2.09. The highest BCUT2D eigenvalue weighted by Crippen LogP contribution is 2.19. The van der Waals surface area contributed by atoms with Crippen LogP contribution in [0.5, 0.6) is 0 Å². The van der Waals surface area contributed by atoms with E-state index in [1.807, 2.05) is 0 Å². The summed E-state index contributed by atoms with van der Waals surface area (Å²) in [5.74, 6) is -0.280. The standard InChI is InChI=1S/C17H13BrN2O4S/c18-16-11-10-15(24-16)17(21)19-12-6-8-14(9-7-12)25(22,23)20-13-4-2-1-3-5-13/h1-11,20H,(H,19,21). The molecular formula is C17H13BrN2O4S. The first-order valence-corrected chi connectivity index (χ1v) is 9.46. The van der Waals surface area contributed by atoms with Gasteiger partial charge in [0.1, 0.15) is 0 Å². The second-order valence-electron chi connectivity index (χ2n) is 5.05. The zero-order valence-electron chi connectivity index (χ0n) is 12.8. The Morgan fingerprint density at radius 1 is 0.880 bits per heavy atom. The van der Waals surface area contributed by atoms with Crippen molar-refractivity contribution in [2.45, 2.75) is 4.90 Å². The summed E-state index contributed by atoms with van der Waals surface area (Å²) in [5.41, 5.74) is 0.930. The van der Waals surface area contributed by atoms with E-state index in [0.717, 1.165) is 0 Å². The van der Waals surface area contributed by atoms with Crippen LogP contribution in [0.15, 0.2) is 80.7 Å². The second-order valence-corrected chi connectivity index (χ2v) is 7.52. The van der Waals surface area contributed by atoms with Crippen molar-refractivity contribution < 1.29 is 17.6 Å². The van der Waals surface area contributed by atoms with E-state index >= 15 is 0 Å². The highest BCUT2D eigenvalue weighted by molar-refractivity contribution is 9.10. The Kier molecular flexibility index (Phi) is 4.91. The quantitative estimate of drug-likeness (QED) is 0.650. The second kappa shape index (κ2) is 7.12. The van der Waals surface area contributed by atoms with E-state index < -0.39 is 15.9 Å². The number of benzene rings is 2. The van der Waals surface area contributed by atoms with Gasteiger partial charge in [0.15, 0.2) is 10.4 Å². The van der Waals surface area contributed by atoms with E-state index in [1.54, 1.807) is 36.4 Å². The van der Waals surface area contributed by atoms with E-state index in [-0.39, 0.29) is 10.7 Å². The molecule has 0 spiro atoms. The third-order valence-corrected chi connectivity index (χ3v) is 5.07. The molecule has 2 aromatic carbocycles. The summed E-state index contributed by atoms with van der Waals surface area (Å²) in [6.07, 6.45) is 0. The number of nitrogens with one attached hydrogen (secondary N) is 2. The molecule has 128 valence electrons. The van der Waals surface area contributed by atoms with Gasteiger partial charge in [-0.1, -0.05) is 18.2 Å². The maximum absolute atomic E-state index is 12.3. The third-order valence-electron chi connectivity index (χ3n) is 3.25.